The maximum absolute atomic E-state index is 12.1. The van der Waals surface area contributed by atoms with E-state index in [1.807, 2.05) is 27.7 Å². The number of hydrogen-bond acceptors (Lipinski definition) is 1. The van der Waals surface area contributed by atoms with Crippen molar-refractivity contribution in [2.45, 2.75) is 27.7 Å². The molecule has 0 atom stereocenters. The van der Waals surface area contributed by atoms with Gasteiger partial charge in [0.15, 0.2) is 0 Å². The van der Waals surface area contributed by atoms with Gasteiger partial charge in [0.25, 0.3) is 0 Å². The molecule has 0 aliphatic carbocycles. The van der Waals surface area contributed by atoms with Crippen molar-refractivity contribution in [1.82, 2.24) is 0 Å². The Morgan fingerprint density at radius 3 is 1.69 bits per heavy atom. The van der Waals surface area contributed by atoms with Crippen molar-refractivity contribution < 1.29 is 4.39 Å². The summed E-state index contributed by atoms with van der Waals surface area (Å²) in [7, 11) is 0. The molecule has 0 aliphatic rings. The third-order valence-electron chi connectivity index (χ3n) is 1.01. The van der Waals surface area contributed by atoms with E-state index in [9.17, 15) is 4.39 Å². The third kappa shape index (κ3) is 11.1. The predicted molar refractivity (Wildman–Crippen MR) is 57.2 cm³/mol. The molecule has 1 aromatic rings. The molecule has 0 saturated carbocycles. The van der Waals surface area contributed by atoms with Crippen LogP contribution in [-0.4, -0.2) is 6.54 Å². The van der Waals surface area contributed by atoms with Crippen molar-refractivity contribution in [2.24, 2.45) is 5.73 Å². The molecule has 1 nitrogen and oxygen atoms in total. The molecule has 0 bridgehead atoms. The number of hydrogen-bond donors (Lipinski definition) is 1. The molecule has 0 fully saturated rings. The topological polar surface area (TPSA) is 26.0 Å². The van der Waals surface area contributed by atoms with Crippen LogP contribution in [-0.2, 0) is 0 Å². The molecule has 0 unspecified atom stereocenters. The Hall–Kier alpha value is -0.890. The summed E-state index contributed by atoms with van der Waals surface area (Å²) in [6, 6.07) is 6.40. The first-order valence-corrected chi connectivity index (χ1v) is 4.63. The lowest BCUT2D eigenvalue weighted by atomic mass is 10.2. The number of halogens is 1. The van der Waals surface area contributed by atoms with E-state index in [0.29, 0.717) is 0 Å². The van der Waals surface area contributed by atoms with Crippen LogP contribution >= 0.6 is 0 Å². The SMILES string of the molecule is CC.CCN.Cc1ccc(F)cc1. The molecule has 1 aromatic carbocycles. The maximum atomic E-state index is 12.1. The molecule has 0 heterocycles. The van der Waals surface area contributed by atoms with Crippen LogP contribution in [0.1, 0.15) is 26.3 Å². The van der Waals surface area contributed by atoms with E-state index in [1.165, 1.54) is 12.1 Å². The van der Waals surface area contributed by atoms with Gasteiger partial charge in [-0.3, -0.25) is 0 Å². The normalized spacial score (nSPS) is 7.54. The van der Waals surface area contributed by atoms with Gasteiger partial charge in [-0.05, 0) is 25.6 Å². The Kier molecular flexibility index (Phi) is 12.5. The Labute approximate surface area is 80.8 Å². The summed E-state index contributed by atoms with van der Waals surface area (Å²) >= 11 is 0. The molecule has 0 saturated heterocycles. The summed E-state index contributed by atoms with van der Waals surface area (Å²) < 4.78 is 12.1. The van der Waals surface area contributed by atoms with Crippen LogP contribution in [0.5, 0.6) is 0 Å². The van der Waals surface area contributed by atoms with Crippen LogP contribution in [0.3, 0.4) is 0 Å². The van der Waals surface area contributed by atoms with Crippen LogP contribution in [0.25, 0.3) is 0 Å². The Bertz CT molecular complexity index is 161. The smallest absolute Gasteiger partial charge is 0.123 e. The van der Waals surface area contributed by atoms with Gasteiger partial charge in [-0.15, -0.1) is 0 Å². The lowest BCUT2D eigenvalue weighted by Gasteiger charge is -1.87. The fraction of sp³-hybridized carbons (Fsp3) is 0.455. The Morgan fingerprint density at radius 1 is 1.15 bits per heavy atom. The number of rotatable bonds is 0. The summed E-state index contributed by atoms with van der Waals surface area (Å²) in [4.78, 5) is 0. The van der Waals surface area contributed by atoms with E-state index >= 15 is 0 Å². The summed E-state index contributed by atoms with van der Waals surface area (Å²) in [5, 5.41) is 0. The second kappa shape index (κ2) is 11.1. The van der Waals surface area contributed by atoms with Crippen molar-refractivity contribution in [2.75, 3.05) is 6.54 Å². The minimum absolute atomic E-state index is 0.171. The Morgan fingerprint density at radius 2 is 1.46 bits per heavy atom. The Balaban J connectivity index is 0. The monoisotopic (exact) mass is 185 g/mol. The summed E-state index contributed by atoms with van der Waals surface area (Å²) in [5.74, 6) is -0.171. The molecular weight excluding hydrogens is 165 g/mol. The van der Waals surface area contributed by atoms with Crippen LogP contribution in [0.2, 0.25) is 0 Å². The van der Waals surface area contributed by atoms with Gasteiger partial charge >= 0.3 is 0 Å². The predicted octanol–water partition coefficient (Wildman–Crippen LogP) is 3.13. The summed E-state index contributed by atoms with van der Waals surface area (Å²) in [6.07, 6.45) is 0. The van der Waals surface area contributed by atoms with Crippen LogP contribution in [0, 0.1) is 12.7 Å². The standard InChI is InChI=1S/C7H7F.C2H7N.C2H6/c1-6-2-4-7(8)5-3-6;1-2-3;1-2/h2-5H,1H3;2-3H2,1H3;1-2H3. The van der Waals surface area contributed by atoms with Crippen LogP contribution in [0.15, 0.2) is 24.3 Å². The van der Waals surface area contributed by atoms with E-state index in [4.69, 9.17) is 5.73 Å². The molecule has 76 valence electrons. The van der Waals surface area contributed by atoms with Crippen molar-refractivity contribution in [3.05, 3.63) is 35.6 Å². The van der Waals surface area contributed by atoms with Crippen LogP contribution in [0.4, 0.5) is 4.39 Å². The van der Waals surface area contributed by atoms with E-state index < -0.39 is 0 Å². The fourth-order valence-corrected chi connectivity index (χ4v) is 0.533. The molecule has 2 N–H and O–H groups in total. The molecule has 0 spiro atoms. The van der Waals surface area contributed by atoms with Gasteiger partial charge < -0.3 is 5.73 Å². The van der Waals surface area contributed by atoms with Gasteiger partial charge in [0.2, 0.25) is 0 Å². The minimum atomic E-state index is -0.171. The van der Waals surface area contributed by atoms with E-state index in [-0.39, 0.29) is 5.82 Å². The minimum Gasteiger partial charge on any atom is -0.331 e. The highest BCUT2D eigenvalue weighted by atomic mass is 19.1. The first-order valence-electron chi connectivity index (χ1n) is 4.63. The zero-order valence-corrected chi connectivity index (χ0v) is 8.97. The van der Waals surface area contributed by atoms with Crippen LogP contribution < -0.4 is 5.73 Å². The van der Waals surface area contributed by atoms with Gasteiger partial charge in [-0.2, -0.15) is 0 Å². The lowest BCUT2D eigenvalue weighted by molar-refractivity contribution is 0.627. The molecule has 1 rings (SSSR count). The highest BCUT2D eigenvalue weighted by Gasteiger charge is 1.83. The van der Waals surface area contributed by atoms with Crippen molar-refractivity contribution in [1.29, 1.82) is 0 Å². The van der Waals surface area contributed by atoms with Crippen molar-refractivity contribution in [3.63, 3.8) is 0 Å². The molecular formula is C11H20FN. The second-order valence-corrected chi connectivity index (χ2v) is 2.20. The number of aryl methyl sites for hydroxylation is 1. The first-order chi connectivity index (χ1) is 6.20. The maximum Gasteiger partial charge on any atom is 0.123 e. The van der Waals surface area contributed by atoms with Gasteiger partial charge in [0.1, 0.15) is 5.82 Å². The molecule has 0 amide bonds. The summed E-state index contributed by atoms with van der Waals surface area (Å²) in [6.45, 7) is 8.58. The highest BCUT2D eigenvalue weighted by molar-refractivity contribution is 5.13. The summed E-state index contributed by atoms with van der Waals surface area (Å²) in [5.41, 5.74) is 5.94. The van der Waals surface area contributed by atoms with E-state index in [2.05, 4.69) is 0 Å². The number of nitrogens with two attached hydrogens (primary N) is 1. The molecule has 0 aromatic heterocycles. The third-order valence-corrected chi connectivity index (χ3v) is 1.01. The fourth-order valence-electron chi connectivity index (χ4n) is 0.533. The van der Waals surface area contributed by atoms with E-state index in [0.717, 1.165) is 12.1 Å². The lowest BCUT2D eigenvalue weighted by Crippen LogP contribution is -1.87. The van der Waals surface area contributed by atoms with Gasteiger partial charge in [-0.25, -0.2) is 4.39 Å². The zero-order chi connectivity index (χ0) is 10.7. The highest BCUT2D eigenvalue weighted by Crippen LogP contribution is 1.98. The average Bonchev–Trinajstić information content (AvgIpc) is 2.15. The molecule has 0 radical (unpaired) electrons. The van der Waals surface area contributed by atoms with E-state index in [1.54, 1.807) is 12.1 Å². The molecule has 2 heteroatoms. The molecule has 13 heavy (non-hydrogen) atoms. The largest absolute Gasteiger partial charge is 0.331 e. The quantitative estimate of drug-likeness (QED) is 0.660. The zero-order valence-electron chi connectivity index (χ0n) is 8.97. The van der Waals surface area contributed by atoms with Crippen molar-refractivity contribution in [3.8, 4) is 0 Å². The van der Waals surface area contributed by atoms with Gasteiger partial charge in [0.05, 0.1) is 0 Å². The van der Waals surface area contributed by atoms with Crippen molar-refractivity contribution >= 4 is 0 Å². The van der Waals surface area contributed by atoms with Gasteiger partial charge in [0, 0.05) is 0 Å². The number of benzene rings is 1. The second-order valence-electron chi connectivity index (χ2n) is 2.20. The first kappa shape index (κ1) is 14.6. The van der Waals surface area contributed by atoms with Gasteiger partial charge in [-0.1, -0.05) is 38.5 Å². The molecule has 0 aliphatic heterocycles. The average molecular weight is 185 g/mol.